The highest BCUT2D eigenvalue weighted by atomic mass is 32.2. The van der Waals surface area contributed by atoms with Crippen LogP contribution in [0.3, 0.4) is 0 Å². The van der Waals surface area contributed by atoms with Crippen molar-refractivity contribution in [2.75, 3.05) is 22.5 Å². The number of benzene rings is 2. The van der Waals surface area contributed by atoms with Crippen molar-refractivity contribution in [3.05, 3.63) is 53.8 Å². The van der Waals surface area contributed by atoms with Gasteiger partial charge in [-0.25, -0.2) is 4.39 Å². The number of carbonyl (C=O) groups is 2. The predicted molar refractivity (Wildman–Crippen MR) is 98.5 cm³/mol. The summed E-state index contributed by atoms with van der Waals surface area (Å²) in [6, 6.07) is 11.6. The molecule has 0 bridgehead atoms. The lowest BCUT2D eigenvalue weighted by Crippen LogP contribution is -2.24. The second-order valence-corrected chi connectivity index (χ2v) is 6.99. The van der Waals surface area contributed by atoms with Crippen LogP contribution in [0.25, 0.3) is 0 Å². The van der Waals surface area contributed by atoms with E-state index in [1.165, 1.54) is 23.9 Å². The summed E-state index contributed by atoms with van der Waals surface area (Å²) >= 11 is 1.35. The first kappa shape index (κ1) is 17.5. The number of halogens is 1. The summed E-state index contributed by atoms with van der Waals surface area (Å²) < 4.78 is 12.9. The average Bonchev–Trinajstić information content (AvgIpc) is 3.00. The first-order valence-electron chi connectivity index (χ1n) is 8.12. The third-order valence-electron chi connectivity index (χ3n) is 4.03. The van der Waals surface area contributed by atoms with E-state index in [-0.39, 0.29) is 23.4 Å². The highest BCUT2D eigenvalue weighted by Crippen LogP contribution is 2.27. The molecule has 0 aromatic heterocycles. The number of hydrogen-bond donors (Lipinski definition) is 1. The minimum atomic E-state index is -0.291. The minimum absolute atomic E-state index is 0.126. The Kier molecular flexibility index (Phi) is 5.38. The van der Waals surface area contributed by atoms with E-state index in [4.69, 9.17) is 0 Å². The van der Waals surface area contributed by atoms with Gasteiger partial charge in [0.2, 0.25) is 11.8 Å². The van der Waals surface area contributed by atoms with Crippen molar-refractivity contribution in [3.63, 3.8) is 0 Å². The van der Waals surface area contributed by atoms with E-state index in [2.05, 4.69) is 5.32 Å². The number of aryl methyl sites for hydroxylation is 1. The summed E-state index contributed by atoms with van der Waals surface area (Å²) in [7, 11) is 0. The molecule has 2 aromatic carbocycles. The molecule has 0 saturated carbocycles. The number of hydrogen-bond acceptors (Lipinski definition) is 3. The predicted octanol–water partition coefficient (Wildman–Crippen LogP) is 3.99. The zero-order chi connectivity index (χ0) is 17.8. The maximum Gasteiger partial charge on any atom is 0.234 e. The molecule has 1 saturated heterocycles. The topological polar surface area (TPSA) is 49.4 Å². The molecule has 2 aromatic rings. The summed E-state index contributed by atoms with van der Waals surface area (Å²) in [6.45, 7) is 2.68. The second-order valence-electron chi connectivity index (χ2n) is 5.94. The molecule has 1 aliphatic heterocycles. The smallest absolute Gasteiger partial charge is 0.234 e. The number of anilines is 2. The molecule has 0 radical (unpaired) electrons. The molecule has 0 unspecified atom stereocenters. The maximum absolute atomic E-state index is 12.9. The Hall–Kier alpha value is -2.34. The van der Waals surface area contributed by atoms with Gasteiger partial charge in [-0.2, -0.15) is 0 Å². The highest BCUT2D eigenvalue weighted by Gasteiger charge is 2.23. The zero-order valence-corrected chi connectivity index (χ0v) is 14.7. The van der Waals surface area contributed by atoms with Crippen molar-refractivity contribution < 1.29 is 14.0 Å². The fraction of sp³-hybridized carbons (Fsp3) is 0.263. The van der Waals surface area contributed by atoms with Gasteiger partial charge in [0.05, 0.1) is 5.75 Å². The fourth-order valence-corrected chi connectivity index (χ4v) is 3.51. The Balaban J connectivity index is 1.58. The molecule has 2 amide bonds. The van der Waals surface area contributed by atoms with Crippen LogP contribution >= 0.6 is 11.8 Å². The van der Waals surface area contributed by atoms with Crippen molar-refractivity contribution in [2.24, 2.45) is 0 Å². The van der Waals surface area contributed by atoms with E-state index < -0.39 is 0 Å². The lowest BCUT2D eigenvalue weighted by molar-refractivity contribution is -0.117. The lowest BCUT2D eigenvalue weighted by Gasteiger charge is -2.19. The van der Waals surface area contributed by atoms with Crippen molar-refractivity contribution in [3.8, 4) is 0 Å². The van der Waals surface area contributed by atoms with Crippen molar-refractivity contribution in [2.45, 2.75) is 24.7 Å². The molecule has 1 heterocycles. The molecule has 1 N–H and O–H groups in total. The zero-order valence-electron chi connectivity index (χ0n) is 13.9. The van der Waals surface area contributed by atoms with Crippen molar-refractivity contribution in [1.82, 2.24) is 0 Å². The molecule has 0 spiro atoms. The molecule has 4 nitrogen and oxygen atoms in total. The van der Waals surface area contributed by atoms with Gasteiger partial charge >= 0.3 is 0 Å². The van der Waals surface area contributed by atoms with Crippen LogP contribution in [0.2, 0.25) is 0 Å². The van der Waals surface area contributed by atoms with E-state index >= 15 is 0 Å². The largest absolute Gasteiger partial charge is 0.325 e. The number of carbonyl (C=O) groups excluding carboxylic acids is 2. The van der Waals surface area contributed by atoms with Crippen LogP contribution in [0.15, 0.2) is 47.4 Å². The maximum atomic E-state index is 12.9. The van der Waals surface area contributed by atoms with E-state index in [1.807, 2.05) is 25.1 Å². The lowest BCUT2D eigenvalue weighted by atomic mass is 10.1. The van der Waals surface area contributed by atoms with Crippen LogP contribution in [0, 0.1) is 12.7 Å². The van der Waals surface area contributed by atoms with Crippen LogP contribution in [0.5, 0.6) is 0 Å². The molecule has 0 aliphatic carbocycles. The van der Waals surface area contributed by atoms with Gasteiger partial charge < -0.3 is 10.2 Å². The average molecular weight is 358 g/mol. The van der Waals surface area contributed by atoms with Gasteiger partial charge in [-0.1, -0.05) is 0 Å². The molecular formula is C19H19FN2O2S. The highest BCUT2D eigenvalue weighted by molar-refractivity contribution is 8.00. The van der Waals surface area contributed by atoms with Gasteiger partial charge in [0.25, 0.3) is 0 Å². The van der Waals surface area contributed by atoms with Gasteiger partial charge in [-0.15, -0.1) is 11.8 Å². The Morgan fingerprint density at radius 3 is 2.64 bits per heavy atom. The molecule has 1 aliphatic rings. The third-order valence-corrected chi connectivity index (χ3v) is 5.04. The number of nitrogens with zero attached hydrogens (tertiary/aromatic N) is 1. The minimum Gasteiger partial charge on any atom is -0.325 e. The van der Waals surface area contributed by atoms with Gasteiger partial charge in [0.15, 0.2) is 0 Å². The number of rotatable bonds is 5. The van der Waals surface area contributed by atoms with Gasteiger partial charge in [-0.3, -0.25) is 9.59 Å². The Morgan fingerprint density at radius 1 is 1.24 bits per heavy atom. The second kappa shape index (κ2) is 7.70. The monoisotopic (exact) mass is 358 g/mol. The van der Waals surface area contributed by atoms with E-state index in [9.17, 15) is 14.0 Å². The fourth-order valence-electron chi connectivity index (χ4n) is 2.82. The van der Waals surface area contributed by atoms with Crippen LogP contribution in [-0.4, -0.2) is 24.1 Å². The molecule has 0 atom stereocenters. The van der Waals surface area contributed by atoms with Crippen LogP contribution < -0.4 is 10.2 Å². The number of nitrogens with one attached hydrogen (secondary N) is 1. The third kappa shape index (κ3) is 4.39. The first-order chi connectivity index (χ1) is 12.0. The number of amides is 2. The molecule has 1 fully saturated rings. The van der Waals surface area contributed by atoms with Gasteiger partial charge in [0.1, 0.15) is 5.82 Å². The van der Waals surface area contributed by atoms with E-state index in [1.54, 1.807) is 17.0 Å². The van der Waals surface area contributed by atoms with Crippen molar-refractivity contribution in [1.29, 1.82) is 0 Å². The quantitative estimate of drug-likeness (QED) is 0.822. The van der Waals surface area contributed by atoms with E-state index in [0.29, 0.717) is 12.1 Å². The molecule has 3 rings (SSSR count). The Labute approximate surface area is 150 Å². The standard InChI is InChI=1S/C19H19FN2O2S/c1-13-11-15(6-9-17(13)22-10-2-3-19(22)24)21-18(23)12-25-16-7-4-14(20)5-8-16/h4-9,11H,2-3,10,12H2,1H3,(H,21,23). The van der Waals surface area contributed by atoms with Crippen LogP contribution in [-0.2, 0) is 9.59 Å². The molecule has 130 valence electrons. The summed E-state index contributed by atoms with van der Waals surface area (Å²) in [5, 5.41) is 2.86. The normalized spacial score (nSPS) is 14.0. The summed E-state index contributed by atoms with van der Waals surface area (Å²) in [4.78, 5) is 26.6. The summed E-state index contributed by atoms with van der Waals surface area (Å²) in [5.74, 6) is -0.0213. The van der Waals surface area contributed by atoms with Gasteiger partial charge in [0, 0.05) is 29.2 Å². The SMILES string of the molecule is Cc1cc(NC(=O)CSc2ccc(F)cc2)ccc1N1CCCC1=O. The molecular weight excluding hydrogens is 339 g/mol. The molecule has 6 heteroatoms. The Bertz CT molecular complexity index is 793. The Morgan fingerprint density at radius 2 is 2.00 bits per heavy atom. The summed E-state index contributed by atoms with van der Waals surface area (Å²) in [6.07, 6.45) is 1.48. The first-order valence-corrected chi connectivity index (χ1v) is 9.11. The number of thioether (sulfide) groups is 1. The van der Waals surface area contributed by atoms with Crippen LogP contribution in [0.1, 0.15) is 18.4 Å². The van der Waals surface area contributed by atoms with Crippen LogP contribution in [0.4, 0.5) is 15.8 Å². The molecule has 25 heavy (non-hydrogen) atoms. The summed E-state index contributed by atoms with van der Waals surface area (Å²) in [5.41, 5.74) is 2.57. The van der Waals surface area contributed by atoms with E-state index in [0.717, 1.165) is 29.1 Å². The van der Waals surface area contributed by atoms with Crippen molar-refractivity contribution >= 4 is 35.0 Å². The van der Waals surface area contributed by atoms with Gasteiger partial charge in [-0.05, 0) is 61.4 Å².